The van der Waals surface area contributed by atoms with E-state index >= 15 is 4.39 Å². The Morgan fingerprint density at radius 1 is 1.21 bits per heavy atom. The summed E-state index contributed by atoms with van der Waals surface area (Å²) >= 11 is 0. The quantitative estimate of drug-likeness (QED) is 0.534. The topological polar surface area (TPSA) is 44.8 Å². The maximum absolute atomic E-state index is 15.3. The molecule has 1 aliphatic rings. The molecule has 4 nitrogen and oxygen atoms in total. The van der Waals surface area contributed by atoms with Crippen LogP contribution in [0.5, 0.6) is 0 Å². The first-order valence-corrected chi connectivity index (χ1v) is 10.1. The predicted octanol–water partition coefficient (Wildman–Crippen LogP) is 5.68. The maximum Gasteiger partial charge on any atom is 0.338 e. The molecule has 0 radical (unpaired) electrons. The van der Waals surface area contributed by atoms with Crippen molar-refractivity contribution < 1.29 is 23.4 Å². The van der Waals surface area contributed by atoms with Crippen LogP contribution in [0.2, 0.25) is 0 Å². The lowest BCUT2D eigenvalue weighted by atomic mass is 9.95. The molecule has 0 N–H and O–H groups in total. The second-order valence-corrected chi connectivity index (χ2v) is 8.27. The summed E-state index contributed by atoms with van der Waals surface area (Å²) in [7, 11) is 0. The first-order valence-electron chi connectivity index (χ1n) is 10.1. The average Bonchev–Trinajstić information content (AvgIpc) is 2.94. The van der Waals surface area contributed by atoms with E-state index in [4.69, 9.17) is 14.2 Å². The molecular formula is C23H33FO4. The maximum atomic E-state index is 15.3. The van der Waals surface area contributed by atoms with Crippen molar-refractivity contribution in [2.45, 2.75) is 78.5 Å². The molecule has 156 valence electrons. The first-order chi connectivity index (χ1) is 13.1. The van der Waals surface area contributed by atoms with Gasteiger partial charge in [0.1, 0.15) is 11.9 Å². The van der Waals surface area contributed by atoms with E-state index in [1.807, 2.05) is 33.8 Å². The minimum atomic E-state index is -1.15. The minimum absolute atomic E-state index is 0.00196. The van der Waals surface area contributed by atoms with Crippen molar-refractivity contribution in [2.24, 2.45) is 11.8 Å². The summed E-state index contributed by atoms with van der Waals surface area (Å²) in [5.41, 5.74) is 0.377. The van der Waals surface area contributed by atoms with Crippen LogP contribution in [-0.4, -0.2) is 30.1 Å². The third-order valence-corrected chi connectivity index (χ3v) is 5.08. The number of hydrogen-bond acceptors (Lipinski definition) is 4. The molecule has 1 fully saturated rings. The largest absolute Gasteiger partial charge is 0.449 e. The molecule has 1 saturated heterocycles. The second-order valence-electron chi connectivity index (χ2n) is 8.27. The Balaban J connectivity index is 2.33. The van der Waals surface area contributed by atoms with Crippen molar-refractivity contribution in [1.82, 2.24) is 0 Å². The highest BCUT2D eigenvalue weighted by Gasteiger charge is 2.47. The van der Waals surface area contributed by atoms with E-state index in [9.17, 15) is 4.79 Å². The van der Waals surface area contributed by atoms with Crippen LogP contribution in [0, 0.1) is 11.8 Å². The third-order valence-electron chi connectivity index (χ3n) is 5.08. The summed E-state index contributed by atoms with van der Waals surface area (Å²) in [6.45, 7) is 11.6. The standard InChI is InChI=1S/C23H33FO4/c1-7-11-19-21(28-23(5,6)27-19)20(18(24)14-16(4)15(2)3)26-22(25)17-12-9-8-10-13-17/h8-10,12-16,19-21H,7,11H2,1-6H3/b18-14+/t16-,19+,20?,21?/m1/s1. The van der Waals surface area contributed by atoms with Gasteiger partial charge < -0.3 is 14.2 Å². The number of hydrogen-bond donors (Lipinski definition) is 0. The number of rotatable bonds is 8. The number of benzene rings is 1. The molecule has 0 spiro atoms. The van der Waals surface area contributed by atoms with E-state index in [1.165, 1.54) is 6.08 Å². The van der Waals surface area contributed by atoms with Gasteiger partial charge in [-0.25, -0.2) is 9.18 Å². The highest BCUT2D eigenvalue weighted by molar-refractivity contribution is 5.89. The van der Waals surface area contributed by atoms with Gasteiger partial charge in [-0.05, 0) is 50.3 Å². The van der Waals surface area contributed by atoms with E-state index < -0.39 is 29.8 Å². The molecule has 4 atom stereocenters. The zero-order chi connectivity index (χ0) is 20.9. The second kappa shape index (κ2) is 9.66. The first kappa shape index (κ1) is 22.6. The summed E-state index contributed by atoms with van der Waals surface area (Å²) in [4.78, 5) is 12.6. The molecule has 1 aromatic rings. The Morgan fingerprint density at radius 2 is 1.86 bits per heavy atom. The molecular weight excluding hydrogens is 359 g/mol. The summed E-state index contributed by atoms with van der Waals surface area (Å²) in [5, 5.41) is 0. The summed E-state index contributed by atoms with van der Waals surface area (Å²) < 4.78 is 32.9. The Morgan fingerprint density at radius 3 is 2.43 bits per heavy atom. The van der Waals surface area contributed by atoms with Crippen molar-refractivity contribution in [3.8, 4) is 0 Å². The molecule has 1 aromatic carbocycles. The Bertz CT molecular complexity index is 668. The highest BCUT2D eigenvalue weighted by Crippen LogP contribution is 2.36. The van der Waals surface area contributed by atoms with Crippen molar-refractivity contribution in [3.63, 3.8) is 0 Å². The molecule has 0 aliphatic carbocycles. The summed E-state index contributed by atoms with van der Waals surface area (Å²) in [6.07, 6.45) is 0.895. The van der Waals surface area contributed by atoms with E-state index in [0.717, 1.165) is 6.42 Å². The summed E-state index contributed by atoms with van der Waals surface area (Å²) in [6, 6.07) is 8.61. The van der Waals surface area contributed by atoms with Crippen molar-refractivity contribution in [1.29, 1.82) is 0 Å². The molecule has 0 amide bonds. The van der Waals surface area contributed by atoms with Crippen LogP contribution in [0.3, 0.4) is 0 Å². The number of allylic oxidation sites excluding steroid dienone is 1. The monoisotopic (exact) mass is 392 g/mol. The molecule has 0 bridgehead atoms. The molecule has 1 aliphatic heterocycles. The number of esters is 1. The Kier molecular flexibility index (Phi) is 7.79. The minimum Gasteiger partial charge on any atom is -0.449 e. The van der Waals surface area contributed by atoms with Crippen LogP contribution in [0.15, 0.2) is 42.2 Å². The van der Waals surface area contributed by atoms with E-state index in [-0.39, 0.29) is 17.9 Å². The number of ether oxygens (including phenoxy) is 3. The highest BCUT2D eigenvalue weighted by atomic mass is 19.1. The van der Waals surface area contributed by atoms with Crippen LogP contribution < -0.4 is 0 Å². The number of carbonyl (C=O) groups is 1. The van der Waals surface area contributed by atoms with Gasteiger partial charge in [0.25, 0.3) is 0 Å². The zero-order valence-electron chi connectivity index (χ0n) is 17.8. The van der Waals surface area contributed by atoms with Crippen LogP contribution in [0.4, 0.5) is 4.39 Å². The molecule has 0 aromatic heterocycles. The van der Waals surface area contributed by atoms with Gasteiger partial charge in [-0.3, -0.25) is 0 Å². The van der Waals surface area contributed by atoms with Crippen molar-refractivity contribution in [2.75, 3.05) is 0 Å². The van der Waals surface area contributed by atoms with Crippen LogP contribution in [0.25, 0.3) is 0 Å². The van der Waals surface area contributed by atoms with Gasteiger partial charge in [0.05, 0.1) is 11.7 Å². The SMILES string of the molecule is CCC[C@@H]1OC(C)(C)OC1C(OC(=O)c1ccccc1)/C(F)=C\[C@@H](C)C(C)C. The van der Waals surface area contributed by atoms with Gasteiger partial charge in [0, 0.05) is 0 Å². The van der Waals surface area contributed by atoms with Crippen LogP contribution >= 0.6 is 0 Å². The van der Waals surface area contributed by atoms with E-state index in [2.05, 4.69) is 0 Å². The van der Waals surface area contributed by atoms with Crippen LogP contribution in [-0.2, 0) is 14.2 Å². The van der Waals surface area contributed by atoms with Gasteiger partial charge >= 0.3 is 5.97 Å². The fourth-order valence-electron chi connectivity index (χ4n) is 3.20. The molecule has 28 heavy (non-hydrogen) atoms. The molecule has 2 rings (SSSR count). The van der Waals surface area contributed by atoms with Crippen molar-refractivity contribution in [3.05, 3.63) is 47.8 Å². The number of carbonyl (C=O) groups excluding carboxylic acids is 1. The van der Waals surface area contributed by atoms with Crippen molar-refractivity contribution >= 4 is 5.97 Å². The molecule has 0 saturated carbocycles. The van der Waals surface area contributed by atoms with Gasteiger partial charge in [0.2, 0.25) is 0 Å². The van der Waals surface area contributed by atoms with Crippen LogP contribution in [0.1, 0.15) is 64.7 Å². The van der Waals surface area contributed by atoms with E-state index in [0.29, 0.717) is 12.0 Å². The average molecular weight is 393 g/mol. The third kappa shape index (κ3) is 5.89. The Labute approximate surface area is 168 Å². The lowest BCUT2D eigenvalue weighted by Gasteiger charge is -2.26. The predicted molar refractivity (Wildman–Crippen MR) is 108 cm³/mol. The van der Waals surface area contributed by atoms with Gasteiger partial charge in [-0.2, -0.15) is 0 Å². The van der Waals surface area contributed by atoms with Gasteiger partial charge in [-0.1, -0.05) is 52.3 Å². The fraction of sp³-hybridized carbons (Fsp3) is 0.609. The van der Waals surface area contributed by atoms with Gasteiger partial charge in [0.15, 0.2) is 11.9 Å². The van der Waals surface area contributed by atoms with Gasteiger partial charge in [-0.15, -0.1) is 0 Å². The summed E-state index contributed by atoms with van der Waals surface area (Å²) in [5.74, 6) is -1.66. The Hall–Kier alpha value is -1.72. The number of halogens is 1. The zero-order valence-corrected chi connectivity index (χ0v) is 17.8. The normalized spacial score (nSPS) is 24.2. The van der Waals surface area contributed by atoms with E-state index in [1.54, 1.807) is 38.1 Å². The molecule has 2 unspecified atom stereocenters. The molecule has 5 heteroatoms. The fourth-order valence-corrected chi connectivity index (χ4v) is 3.20. The lowest BCUT2D eigenvalue weighted by molar-refractivity contribution is -0.154. The smallest absolute Gasteiger partial charge is 0.338 e. The lowest BCUT2D eigenvalue weighted by Crippen LogP contribution is -2.39. The molecule has 1 heterocycles.